The first-order valence-electron chi connectivity index (χ1n) is 10.1. The highest BCUT2D eigenvalue weighted by atomic mass is 19.4. The zero-order chi connectivity index (χ0) is 23.2. The number of rotatable bonds is 4. The number of esters is 1. The summed E-state index contributed by atoms with van der Waals surface area (Å²) < 4.78 is 48.6. The molecule has 0 spiro atoms. The number of pyridine rings is 2. The number of piperazine rings is 1. The molecule has 0 unspecified atom stereocenters. The van der Waals surface area contributed by atoms with Crippen molar-refractivity contribution in [2.45, 2.75) is 18.3 Å². The molecule has 0 aliphatic carbocycles. The molecule has 0 saturated carbocycles. The Balaban J connectivity index is 1.34. The van der Waals surface area contributed by atoms with Crippen LogP contribution in [0.2, 0.25) is 0 Å². The molecule has 5 rings (SSSR count). The summed E-state index contributed by atoms with van der Waals surface area (Å²) in [5.41, 5.74) is -0.0610. The summed E-state index contributed by atoms with van der Waals surface area (Å²) in [7, 11) is 0. The lowest BCUT2D eigenvalue weighted by Gasteiger charge is -2.33. The quantitative estimate of drug-likeness (QED) is 0.471. The van der Waals surface area contributed by atoms with Gasteiger partial charge in [0.1, 0.15) is 24.2 Å². The lowest BCUT2D eigenvalue weighted by Crippen LogP contribution is -2.59. The van der Waals surface area contributed by atoms with Crippen molar-refractivity contribution in [3.8, 4) is 11.6 Å². The molecule has 1 N–H and O–H groups in total. The SMILES string of the molecule is O=C1OCN2[C@@H]1CNC[C@@H]2C(=O)c1ccc2cc(Oc3ccc(C(F)(F)F)cn3)ccc2n1. The molecule has 0 radical (unpaired) electrons. The minimum Gasteiger partial charge on any atom is -0.448 e. The van der Waals surface area contributed by atoms with E-state index in [9.17, 15) is 22.8 Å². The van der Waals surface area contributed by atoms with Crippen LogP contribution < -0.4 is 10.1 Å². The van der Waals surface area contributed by atoms with Crippen molar-refractivity contribution in [2.24, 2.45) is 0 Å². The summed E-state index contributed by atoms with van der Waals surface area (Å²) in [6, 6.07) is 9.19. The monoisotopic (exact) mass is 458 g/mol. The average molecular weight is 458 g/mol. The van der Waals surface area contributed by atoms with Gasteiger partial charge in [-0.2, -0.15) is 13.2 Å². The Hall–Kier alpha value is -3.57. The third-order valence-corrected chi connectivity index (χ3v) is 5.61. The van der Waals surface area contributed by atoms with E-state index >= 15 is 0 Å². The van der Waals surface area contributed by atoms with Gasteiger partial charge in [0, 0.05) is 30.7 Å². The lowest BCUT2D eigenvalue weighted by molar-refractivity contribution is -0.139. The molecule has 33 heavy (non-hydrogen) atoms. The Bertz CT molecular complexity index is 1230. The molecule has 11 heteroatoms. The maximum absolute atomic E-state index is 13.1. The number of fused-ring (bicyclic) bond motifs is 2. The van der Waals surface area contributed by atoms with E-state index in [1.165, 1.54) is 0 Å². The fourth-order valence-corrected chi connectivity index (χ4v) is 3.89. The molecule has 2 aliphatic heterocycles. The minimum absolute atomic E-state index is 0.0174. The van der Waals surface area contributed by atoms with Crippen LogP contribution in [0.1, 0.15) is 16.1 Å². The molecule has 8 nitrogen and oxygen atoms in total. The first-order chi connectivity index (χ1) is 15.8. The smallest absolute Gasteiger partial charge is 0.417 e. The largest absolute Gasteiger partial charge is 0.448 e. The second kappa shape index (κ2) is 8.09. The van der Waals surface area contributed by atoms with Gasteiger partial charge in [0.25, 0.3) is 0 Å². The number of halogens is 3. The average Bonchev–Trinajstić information content (AvgIpc) is 3.19. The van der Waals surface area contributed by atoms with Crippen LogP contribution in [0.3, 0.4) is 0 Å². The Morgan fingerprint density at radius 2 is 2.00 bits per heavy atom. The summed E-state index contributed by atoms with van der Waals surface area (Å²) in [5, 5.41) is 3.77. The molecule has 2 aliphatic rings. The number of aromatic nitrogens is 2. The van der Waals surface area contributed by atoms with Crippen LogP contribution in [0.4, 0.5) is 13.2 Å². The van der Waals surface area contributed by atoms with Crippen molar-refractivity contribution in [3.63, 3.8) is 0 Å². The number of nitrogens with zero attached hydrogens (tertiary/aromatic N) is 3. The second-order valence-corrected chi connectivity index (χ2v) is 7.70. The van der Waals surface area contributed by atoms with Crippen LogP contribution in [0.5, 0.6) is 11.6 Å². The number of alkyl halides is 3. The fourth-order valence-electron chi connectivity index (χ4n) is 3.89. The molecular formula is C22H17F3N4O4. The number of cyclic esters (lactones) is 1. The highest BCUT2D eigenvalue weighted by Crippen LogP contribution is 2.30. The van der Waals surface area contributed by atoms with Crippen molar-refractivity contribution >= 4 is 22.7 Å². The number of carbonyl (C=O) groups is 2. The van der Waals surface area contributed by atoms with Crippen LogP contribution in [-0.2, 0) is 15.7 Å². The van der Waals surface area contributed by atoms with Crippen LogP contribution in [0, 0.1) is 0 Å². The molecule has 170 valence electrons. The summed E-state index contributed by atoms with van der Waals surface area (Å²) in [6.45, 7) is 0.900. The number of ketones is 1. The number of carbonyl (C=O) groups excluding carboxylic acids is 2. The first kappa shape index (κ1) is 21.3. The van der Waals surface area contributed by atoms with Gasteiger partial charge in [-0.25, -0.2) is 14.9 Å². The fraction of sp³-hybridized carbons (Fsp3) is 0.273. The van der Waals surface area contributed by atoms with E-state index < -0.39 is 23.8 Å². The van der Waals surface area contributed by atoms with Crippen LogP contribution in [-0.4, -0.2) is 58.5 Å². The van der Waals surface area contributed by atoms with Gasteiger partial charge in [0.15, 0.2) is 5.78 Å². The van der Waals surface area contributed by atoms with E-state index in [1.54, 1.807) is 35.2 Å². The predicted molar refractivity (Wildman–Crippen MR) is 109 cm³/mol. The van der Waals surface area contributed by atoms with E-state index in [-0.39, 0.29) is 30.1 Å². The Labute approximate surface area is 185 Å². The number of nitrogens with one attached hydrogen (secondary N) is 1. The van der Waals surface area contributed by atoms with Gasteiger partial charge in [0.05, 0.1) is 17.1 Å². The van der Waals surface area contributed by atoms with Gasteiger partial charge in [0.2, 0.25) is 5.88 Å². The van der Waals surface area contributed by atoms with Crippen molar-refractivity contribution < 1.29 is 32.2 Å². The molecule has 1 aromatic carbocycles. The maximum atomic E-state index is 13.1. The van der Waals surface area contributed by atoms with E-state index in [0.29, 0.717) is 35.9 Å². The second-order valence-electron chi connectivity index (χ2n) is 7.70. The third-order valence-electron chi connectivity index (χ3n) is 5.61. The van der Waals surface area contributed by atoms with Gasteiger partial charge < -0.3 is 14.8 Å². The molecular weight excluding hydrogens is 441 g/mol. The van der Waals surface area contributed by atoms with Crippen molar-refractivity contribution in [1.82, 2.24) is 20.2 Å². The minimum atomic E-state index is -4.47. The predicted octanol–water partition coefficient (Wildman–Crippen LogP) is 2.78. The van der Waals surface area contributed by atoms with Gasteiger partial charge in [-0.05, 0) is 30.3 Å². The molecule has 3 aromatic rings. The number of ether oxygens (including phenoxy) is 2. The lowest BCUT2D eigenvalue weighted by atomic mass is 10.0. The van der Waals surface area contributed by atoms with Crippen LogP contribution in [0.25, 0.3) is 10.9 Å². The Morgan fingerprint density at radius 3 is 2.76 bits per heavy atom. The van der Waals surface area contributed by atoms with E-state index in [2.05, 4.69) is 15.3 Å². The molecule has 2 saturated heterocycles. The Kier molecular flexibility index (Phi) is 5.22. The third kappa shape index (κ3) is 4.12. The van der Waals surface area contributed by atoms with E-state index in [1.807, 2.05) is 0 Å². The normalized spacial score (nSPS) is 21.0. The van der Waals surface area contributed by atoms with E-state index in [4.69, 9.17) is 9.47 Å². The standard InChI is InChI=1S/C22H17F3N4O4/c23-22(24,25)13-2-6-19(27-8-13)33-14-3-5-15-12(7-14)1-4-16(28-15)20(30)17-9-26-10-18-21(31)32-11-29(17)18/h1-8,17-18,26H,9-11H2/t17-,18-/m1/s1. The highest BCUT2D eigenvalue weighted by Gasteiger charge is 2.44. The number of Topliss-reactive ketones (excluding diaryl/α,β-unsaturated/α-hetero) is 1. The van der Waals surface area contributed by atoms with Gasteiger partial charge in [-0.3, -0.25) is 9.59 Å². The summed E-state index contributed by atoms with van der Waals surface area (Å²) in [6.07, 6.45) is -3.76. The highest BCUT2D eigenvalue weighted by molar-refractivity contribution is 6.01. The molecule has 2 fully saturated rings. The summed E-state index contributed by atoms with van der Waals surface area (Å²) in [4.78, 5) is 34.8. The van der Waals surface area contributed by atoms with Gasteiger partial charge in [-0.1, -0.05) is 6.07 Å². The zero-order valence-corrected chi connectivity index (χ0v) is 17.0. The summed E-state index contributed by atoms with van der Waals surface area (Å²) >= 11 is 0. The van der Waals surface area contributed by atoms with Gasteiger partial charge in [-0.15, -0.1) is 0 Å². The molecule has 0 bridgehead atoms. The maximum Gasteiger partial charge on any atom is 0.417 e. The Morgan fingerprint density at radius 1 is 1.15 bits per heavy atom. The number of hydrogen-bond acceptors (Lipinski definition) is 8. The molecule has 2 aromatic heterocycles. The molecule has 4 heterocycles. The molecule has 0 amide bonds. The first-order valence-corrected chi connectivity index (χ1v) is 10.1. The van der Waals surface area contributed by atoms with Gasteiger partial charge >= 0.3 is 12.1 Å². The molecule has 2 atom stereocenters. The van der Waals surface area contributed by atoms with Crippen LogP contribution in [0.15, 0.2) is 48.7 Å². The van der Waals surface area contributed by atoms with E-state index in [0.717, 1.165) is 12.1 Å². The summed E-state index contributed by atoms with van der Waals surface area (Å²) in [5.74, 6) is -0.185. The van der Waals surface area contributed by atoms with Crippen molar-refractivity contribution in [1.29, 1.82) is 0 Å². The number of hydrogen-bond donors (Lipinski definition) is 1. The topological polar surface area (TPSA) is 93.7 Å². The van der Waals surface area contributed by atoms with Crippen molar-refractivity contribution in [3.05, 3.63) is 59.9 Å². The zero-order valence-electron chi connectivity index (χ0n) is 17.0. The van der Waals surface area contributed by atoms with Crippen LogP contribution >= 0.6 is 0 Å². The van der Waals surface area contributed by atoms with Crippen molar-refractivity contribution in [2.75, 3.05) is 19.8 Å². The number of benzene rings is 1.